The molecule has 0 aliphatic carbocycles. The molecule has 0 aliphatic heterocycles. The van der Waals surface area contributed by atoms with Crippen molar-refractivity contribution in [3.05, 3.63) is 36.2 Å². The lowest BCUT2D eigenvalue weighted by Gasteiger charge is -2.03. The fraction of sp³-hybridized carbons (Fsp3) is 0.333. The molecule has 2 aromatic heterocycles. The van der Waals surface area contributed by atoms with Gasteiger partial charge in [-0.05, 0) is 6.07 Å². The van der Waals surface area contributed by atoms with Gasteiger partial charge in [-0.3, -0.25) is 4.68 Å². The van der Waals surface area contributed by atoms with Crippen molar-refractivity contribution in [1.29, 1.82) is 0 Å². The Morgan fingerprint density at radius 2 is 2.43 bits per heavy atom. The van der Waals surface area contributed by atoms with Crippen molar-refractivity contribution in [1.82, 2.24) is 25.1 Å². The summed E-state index contributed by atoms with van der Waals surface area (Å²) in [5.74, 6) is 0. The molecule has 0 spiro atoms. The second-order valence-electron chi connectivity index (χ2n) is 3.13. The Bertz CT molecular complexity index is 376. The van der Waals surface area contributed by atoms with E-state index in [2.05, 4.69) is 20.4 Å². The largest absolute Gasteiger partial charge is 0.347 e. The zero-order chi connectivity index (χ0) is 9.80. The number of rotatable bonds is 4. The number of hydrogen-bond donors (Lipinski definition) is 2. The van der Waals surface area contributed by atoms with Crippen molar-refractivity contribution >= 4 is 0 Å². The zero-order valence-corrected chi connectivity index (χ0v) is 8.07. The third-order valence-corrected chi connectivity index (χ3v) is 2.10. The molecule has 0 atom stereocenters. The van der Waals surface area contributed by atoms with Crippen LogP contribution >= 0.6 is 0 Å². The highest BCUT2D eigenvalue weighted by molar-refractivity contribution is 5.00. The molecule has 2 aromatic rings. The van der Waals surface area contributed by atoms with Crippen LogP contribution in [0.3, 0.4) is 0 Å². The molecule has 0 aromatic carbocycles. The van der Waals surface area contributed by atoms with Crippen LogP contribution in [-0.4, -0.2) is 19.7 Å². The molecule has 14 heavy (non-hydrogen) atoms. The van der Waals surface area contributed by atoms with Crippen LogP contribution in [0.15, 0.2) is 24.8 Å². The summed E-state index contributed by atoms with van der Waals surface area (Å²) in [6, 6.07) is 2.00. The summed E-state index contributed by atoms with van der Waals surface area (Å²) >= 11 is 0. The molecule has 2 rings (SSSR count). The maximum atomic E-state index is 4.09. The van der Waals surface area contributed by atoms with Gasteiger partial charge in [-0.25, -0.2) is 4.98 Å². The van der Waals surface area contributed by atoms with E-state index >= 15 is 0 Å². The normalized spacial score (nSPS) is 10.6. The Morgan fingerprint density at radius 3 is 3.07 bits per heavy atom. The van der Waals surface area contributed by atoms with Crippen molar-refractivity contribution in [2.24, 2.45) is 7.05 Å². The molecule has 0 saturated carbocycles. The Kier molecular flexibility index (Phi) is 2.60. The summed E-state index contributed by atoms with van der Waals surface area (Å²) in [7, 11) is 1.94. The molecule has 2 heterocycles. The van der Waals surface area contributed by atoms with Gasteiger partial charge in [-0.2, -0.15) is 5.10 Å². The highest BCUT2D eigenvalue weighted by Gasteiger charge is 1.97. The first-order valence-electron chi connectivity index (χ1n) is 4.51. The molecular formula is C9H13N5. The maximum Gasteiger partial charge on any atom is 0.0922 e. The quantitative estimate of drug-likeness (QED) is 0.737. The SMILES string of the molecule is Cn1nccc1CNCc1cnc[nH]1. The molecule has 0 radical (unpaired) electrons. The Morgan fingerprint density at radius 1 is 1.50 bits per heavy atom. The van der Waals surface area contributed by atoms with Crippen LogP contribution in [0.2, 0.25) is 0 Å². The van der Waals surface area contributed by atoms with E-state index in [1.165, 1.54) is 5.69 Å². The van der Waals surface area contributed by atoms with Gasteiger partial charge in [0.05, 0.1) is 12.0 Å². The van der Waals surface area contributed by atoms with Crippen LogP contribution in [0.5, 0.6) is 0 Å². The number of aromatic amines is 1. The lowest BCUT2D eigenvalue weighted by Crippen LogP contribution is -2.15. The Hall–Kier alpha value is -1.62. The van der Waals surface area contributed by atoms with Crippen molar-refractivity contribution < 1.29 is 0 Å². The lowest BCUT2D eigenvalue weighted by atomic mass is 10.4. The fourth-order valence-corrected chi connectivity index (χ4v) is 1.28. The molecule has 0 saturated heterocycles. The van der Waals surface area contributed by atoms with E-state index in [1.54, 1.807) is 12.5 Å². The topological polar surface area (TPSA) is 58.5 Å². The van der Waals surface area contributed by atoms with Gasteiger partial charge in [0.2, 0.25) is 0 Å². The van der Waals surface area contributed by atoms with E-state index in [0.29, 0.717) is 0 Å². The van der Waals surface area contributed by atoms with Crippen molar-refractivity contribution in [2.45, 2.75) is 13.1 Å². The number of nitrogens with zero attached hydrogens (tertiary/aromatic N) is 3. The standard InChI is InChI=1S/C9H13N5/c1-14-9(2-3-13-14)6-10-4-8-5-11-7-12-8/h2-3,5,7,10H,4,6H2,1H3,(H,11,12). The number of nitrogens with one attached hydrogen (secondary N) is 2. The molecule has 5 heteroatoms. The van der Waals surface area contributed by atoms with Gasteiger partial charge >= 0.3 is 0 Å². The summed E-state index contributed by atoms with van der Waals surface area (Å²) in [4.78, 5) is 6.98. The van der Waals surface area contributed by atoms with Crippen LogP contribution in [0, 0.1) is 0 Å². The number of hydrogen-bond acceptors (Lipinski definition) is 3. The van der Waals surface area contributed by atoms with Gasteiger partial charge in [-0.15, -0.1) is 0 Å². The van der Waals surface area contributed by atoms with Gasteiger partial charge in [-0.1, -0.05) is 0 Å². The average molecular weight is 191 g/mol. The summed E-state index contributed by atoms with van der Waals surface area (Å²) in [5.41, 5.74) is 2.26. The first-order valence-corrected chi connectivity index (χ1v) is 4.51. The maximum absolute atomic E-state index is 4.09. The molecular weight excluding hydrogens is 178 g/mol. The number of aryl methyl sites for hydroxylation is 1. The van der Waals surface area contributed by atoms with E-state index in [1.807, 2.05) is 24.0 Å². The summed E-state index contributed by atoms with van der Waals surface area (Å²) in [6.45, 7) is 1.61. The van der Waals surface area contributed by atoms with E-state index in [-0.39, 0.29) is 0 Å². The number of imidazole rings is 1. The summed E-state index contributed by atoms with van der Waals surface area (Å²) in [5, 5.41) is 7.39. The first kappa shape index (κ1) is 8.96. The third-order valence-electron chi connectivity index (χ3n) is 2.10. The average Bonchev–Trinajstić information content (AvgIpc) is 2.78. The molecule has 5 nitrogen and oxygen atoms in total. The van der Waals surface area contributed by atoms with Gasteiger partial charge < -0.3 is 10.3 Å². The van der Waals surface area contributed by atoms with Gasteiger partial charge in [0.15, 0.2) is 0 Å². The van der Waals surface area contributed by atoms with Crippen LogP contribution in [-0.2, 0) is 20.1 Å². The third kappa shape index (κ3) is 2.00. The minimum Gasteiger partial charge on any atom is -0.347 e. The van der Waals surface area contributed by atoms with Gasteiger partial charge in [0.1, 0.15) is 0 Å². The second kappa shape index (κ2) is 4.06. The minimum atomic E-state index is 0.797. The van der Waals surface area contributed by atoms with Crippen molar-refractivity contribution in [3.63, 3.8) is 0 Å². The fourth-order valence-electron chi connectivity index (χ4n) is 1.28. The lowest BCUT2D eigenvalue weighted by molar-refractivity contribution is 0.621. The highest BCUT2D eigenvalue weighted by Crippen LogP contribution is 1.96. The molecule has 0 unspecified atom stereocenters. The van der Waals surface area contributed by atoms with Crippen LogP contribution in [0.25, 0.3) is 0 Å². The van der Waals surface area contributed by atoms with E-state index < -0.39 is 0 Å². The Labute approximate surface area is 82.2 Å². The van der Waals surface area contributed by atoms with E-state index in [9.17, 15) is 0 Å². The molecule has 0 fully saturated rings. The molecule has 0 bridgehead atoms. The number of aromatic nitrogens is 4. The summed E-state index contributed by atoms with van der Waals surface area (Å²) < 4.78 is 1.86. The van der Waals surface area contributed by atoms with Crippen LogP contribution in [0.1, 0.15) is 11.4 Å². The zero-order valence-electron chi connectivity index (χ0n) is 8.07. The molecule has 2 N–H and O–H groups in total. The predicted molar refractivity (Wildman–Crippen MR) is 52.3 cm³/mol. The van der Waals surface area contributed by atoms with Crippen molar-refractivity contribution in [2.75, 3.05) is 0 Å². The smallest absolute Gasteiger partial charge is 0.0922 e. The predicted octanol–water partition coefficient (Wildman–Crippen LogP) is 0.433. The molecule has 0 aliphatic rings. The minimum absolute atomic E-state index is 0.797. The van der Waals surface area contributed by atoms with Gasteiger partial charge in [0, 0.05) is 38.2 Å². The van der Waals surface area contributed by atoms with E-state index in [4.69, 9.17) is 0 Å². The second-order valence-corrected chi connectivity index (χ2v) is 3.13. The first-order chi connectivity index (χ1) is 6.86. The van der Waals surface area contributed by atoms with Crippen molar-refractivity contribution in [3.8, 4) is 0 Å². The van der Waals surface area contributed by atoms with Crippen LogP contribution < -0.4 is 5.32 Å². The Balaban J connectivity index is 1.81. The van der Waals surface area contributed by atoms with Gasteiger partial charge in [0.25, 0.3) is 0 Å². The number of H-pyrrole nitrogens is 1. The summed E-state index contributed by atoms with van der Waals surface area (Å²) in [6.07, 6.45) is 5.30. The molecule has 74 valence electrons. The monoisotopic (exact) mass is 191 g/mol. The highest BCUT2D eigenvalue weighted by atomic mass is 15.3. The van der Waals surface area contributed by atoms with Crippen LogP contribution in [0.4, 0.5) is 0 Å². The molecule has 0 amide bonds. The van der Waals surface area contributed by atoms with E-state index in [0.717, 1.165) is 18.8 Å².